The van der Waals surface area contributed by atoms with Gasteiger partial charge in [0.25, 0.3) is 0 Å². The van der Waals surface area contributed by atoms with Crippen molar-refractivity contribution in [2.24, 2.45) is 17.3 Å². The molecule has 2 fully saturated rings. The third-order valence-corrected chi connectivity index (χ3v) is 9.04. The highest BCUT2D eigenvalue weighted by atomic mass is 127. The fourth-order valence-electron chi connectivity index (χ4n) is 6.49. The van der Waals surface area contributed by atoms with Gasteiger partial charge >= 0.3 is 5.97 Å². The van der Waals surface area contributed by atoms with Crippen LogP contribution < -0.4 is 4.74 Å². The molecule has 1 aromatic rings. The van der Waals surface area contributed by atoms with E-state index in [1.54, 1.807) is 0 Å². The second-order valence-corrected chi connectivity index (χ2v) is 10.8. The van der Waals surface area contributed by atoms with Crippen LogP contribution in [0.25, 0.3) is 0 Å². The summed E-state index contributed by atoms with van der Waals surface area (Å²) in [7, 11) is 1.89. The van der Waals surface area contributed by atoms with E-state index in [1.165, 1.54) is 11.1 Å². The minimum absolute atomic E-state index is 0.0841. The molecule has 4 aliphatic rings. The molecule has 0 radical (unpaired) electrons. The van der Waals surface area contributed by atoms with Crippen molar-refractivity contribution in [2.75, 3.05) is 7.05 Å². The number of hydrogen-bond acceptors (Lipinski definition) is 4. The Balaban J connectivity index is 1.35. The van der Waals surface area contributed by atoms with Crippen LogP contribution >= 0.6 is 22.6 Å². The quantitative estimate of drug-likeness (QED) is 0.309. The van der Waals surface area contributed by atoms with Crippen LogP contribution in [0.1, 0.15) is 56.1 Å². The van der Waals surface area contributed by atoms with E-state index in [9.17, 15) is 9.59 Å². The van der Waals surface area contributed by atoms with E-state index < -0.39 is 0 Å². The molecule has 0 amide bonds. The Labute approximate surface area is 191 Å². The molecule has 0 aromatic heterocycles. The summed E-state index contributed by atoms with van der Waals surface area (Å²) in [5.74, 6) is 2.59. The van der Waals surface area contributed by atoms with Crippen molar-refractivity contribution in [2.45, 2.75) is 57.4 Å². The maximum absolute atomic E-state index is 12.8. The van der Waals surface area contributed by atoms with Crippen LogP contribution in [0.15, 0.2) is 40.1 Å². The van der Waals surface area contributed by atoms with Gasteiger partial charge in [-0.15, -0.1) is 0 Å². The number of aryl methyl sites for hydroxylation is 1. The molecule has 0 saturated heterocycles. The molecule has 158 valence electrons. The fraction of sp³-hybridized carbons (Fsp3) is 0.520. The Morgan fingerprint density at radius 3 is 2.87 bits per heavy atom. The SMILES string of the molecule is CN1C=CC=C(I)C1C(=O)Oc1ccc2c(c1)CC[C@@H]1[C@@H]2CC[C@]2(C)C(=O)CC[C@@H]12. The summed E-state index contributed by atoms with van der Waals surface area (Å²) in [4.78, 5) is 27.2. The number of fused-ring (bicyclic) bond motifs is 5. The summed E-state index contributed by atoms with van der Waals surface area (Å²) in [5.41, 5.74) is 2.65. The summed E-state index contributed by atoms with van der Waals surface area (Å²) in [5, 5.41) is 0. The summed E-state index contributed by atoms with van der Waals surface area (Å²) in [6, 6.07) is 5.83. The van der Waals surface area contributed by atoms with E-state index in [0.717, 1.165) is 42.1 Å². The number of halogens is 1. The lowest BCUT2D eigenvalue weighted by Crippen LogP contribution is -2.42. The van der Waals surface area contributed by atoms with Crippen molar-refractivity contribution in [3.05, 3.63) is 51.3 Å². The number of carbonyl (C=O) groups excluding carboxylic acids is 2. The fourth-order valence-corrected chi connectivity index (χ4v) is 7.39. The van der Waals surface area contributed by atoms with Gasteiger partial charge in [0.05, 0.1) is 0 Å². The van der Waals surface area contributed by atoms with Crippen LogP contribution in [0.3, 0.4) is 0 Å². The average molecular weight is 517 g/mol. The van der Waals surface area contributed by atoms with Gasteiger partial charge in [0.1, 0.15) is 11.5 Å². The number of nitrogens with zero attached hydrogens (tertiary/aromatic N) is 1. The molecule has 1 aromatic carbocycles. The smallest absolute Gasteiger partial charge is 0.339 e. The summed E-state index contributed by atoms with van der Waals surface area (Å²) < 4.78 is 6.75. The van der Waals surface area contributed by atoms with Crippen LogP contribution in [-0.2, 0) is 16.0 Å². The number of rotatable bonds is 2. The van der Waals surface area contributed by atoms with Gasteiger partial charge in [0.15, 0.2) is 6.04 Å². The van der Waals surface area contributed by atoms with Crippen molar-refractivity contribution in [1.82, 2.24) is 4.90 Å². The predicted molar refractivity (Wildman–Crippen MR) is 124 cm³/mol. The largest absolute Gasteiger partial charge is 0.425 e. The van der Waals surface area contributed by atoms with Crippen LogP contribution in [0, 0.1) is 17.3 Å². The molecular weight excluding hydrogens is 489 g/mol. The molecule has 5 heteroatoms. The Morgan fingerprint density at radius 1 is 1.23 bits per heavy atom. The van der Waals surface area contributed by atoms with Gasteiger partial charge in [-0.1, -0.05) is 13.0 Å². The van der Waals surface area contributed by atoms with Crippen LogP contribution in [0.2, 0.25) is 0 Å². The monoisotopic (exact) mass is 517 g/mol. The molecule has 5 rings (SSSR count). The Kier molecular flexibility index (Phi) is 5.07. The standard InChI is InChI=1S/C25H28INO3/c1-25-12-11-18-17-8-6-16(30-24(29)23-21(26)4-3-13-27(23)2)14-15(17)5-7-19(18)20(25)9-10-22(25)28/h3-4,6,8,13-14,18-20,23H,5,7,9-12H2,1-2H3/t18-,19-,20+,23?,25+/m1/s1. The van der Waals surface area contributed by atoms with Crippen LogP contribution in [0.4, 0.5) is 0 Å². The molecule has 0 spiro atoms. The van der Waals surface area contributed by atoms with Gasteiger partial charge in [-0.2, -0.15) is 0 Å². The minimum atomic E-state index is -0.382. The van der Waals surface area contributed by atoms with Crippen LogP contribution in [0.5, 0.6) is 5.75 Å². The lowest BCUT2D eigenvalue weighted by Gasteiger charge is -2.48. The number of carbonyl (C=O) groups is 2. The zero-order valence-corrected chi connectivity index (χ0v) is 19.7. The molecular formula is C25H28INO3. The number of allylic oxidation sites excluding steroid dienone is 2. The van der Waals surface area contributed by atoms with Crippen molar-refractivity contribution in [3.63, 3.8) is 0 Å². The number of esters is 1. The Morgan fingerprint density at radius 2 is 2.07 bits per heavy atom. The molecule has 4 nitrogen and oxygen atoms in total. The van der Waals surface area contributed by atoms with Gasteiger partial charge in [0.2, 0.25) is 0 Å². The van der Waals surface area contributed by atoms with Crippen molar-refractivity contribution >= 4 is 34.3 Å². The van der Waals surface area contributed by atoms with Gasteiger partial charge in [-0.3, -0.25) is 4.79 Å². The van der Waals surface area contributed by atoms with Gasteiger partial charge in [-0.25, -0.2) is 4.79 Å². The zero-order chi connectivity index (χ0) is 21.0. The van der Waals surface area contributed by atoms with E-state index in [-0.39, 0.29) is 17.4 Å². The highest BCUT2D eigenvalue weighted by molar-refractivity contribution is 14.1. The van der Waals surface area contributed by atoms with E-state index in [0.29, 0.717) is 29.3 Å². The highest BCUT2D eigenvalue weighted by Crippen LogP contribution is 2.59. The second kappa shape index (κ2) is 7.50. The molecule has 1 heterocycles. The Bertz CT molecular complexity index is 967. The highest BCUT2D eigenvalue weighted by Gasteiger charge is 2.54. The lowest BCUT2D eigenvalue weighted by molar-refractivity contribution is -0.137. The molecule has 1 aliphatic heterocycles. The van der Waals surface area contributed by atoms with Crippen molar-refractivity contribution in [3.8, 4) is 5.75 Å². The number of ketones is 1. The first-order valence-electron chi connectivity index (χ1n) is 11.0. The van der Waals surface area contributed by atoms with Gasteiger partial charge in [-0.05, 0) is 114 Å². The summed E-state index contributed by atoms with van der Waals surface area (Å²) >= 11 is 2.20. The number of hydrogen-bond donors (Lipinski definition) is 0. The van der Waals surface area contributed by atoms with Gasteiger partial charge < -0.3 is 9.64 Å². The molecule has 0 N–H and O–H groups in total. The summed E-state index contributed by atoms with van der Waals surface area (Å²) in [6.07, 6.45) is 11.9. The van der Waals surface area contributed by atoms with Gasteiger partial charge in [0, 0.05) is 22.5 Å². The number of likely N-dealkylation sites (N-methyl/N-ethyl adjacent to an activating group) is 1. The lowest BCUT2D eigenvalue weighted by atomic mass is 9.55. The zero-order valence-electron chi connectivity index (χ0n) is 17.6. The molecule has 1 unspecified atom stereocenters. The first-order chi connectivity index (χ1) is 14.4. The Hall–Kier alpha value is -1.63. The van der Waals surface area contributed by atoms with Crippen molar-refractivity contribution in [1.29, 1.82) is 0 Å². The predicted octanol–water partition coefficient (Wildman–Crippen LogP) is 5.16. The molecule has 2 saturated carbocycles. The van der Waals surface area contributed by atoms with E-state index in [4.69, 9.17) is 4.74 Å². The molecule has 3 aliphatic carbocycles. The number of Topliss-reactive ketones (excluding diaryl/α,β-unsaturated/α-hetero) is 1. The summed E-state index contributed by atoms with van der Waals surface area (Å²) in [6.45, 7) is 2.22. The molecule has 5 atom stereocenters. The third-order valence-electron chi connectivity index (χ3n) is 8.09. The van der Waals surface area contributed by atoms with Crippen LogP contribution in [-0.4, -0.2) is 29.7 Å². The second-order valence-electron chi connectivity index (χ2n) is 9.58. The van der Waals surface area contributed by atoms with E-state index in [1.807, 2.05) is 36.4 Å². The van der Waals surface area contributed by atoms with E-state index in [2.05, 4.69) is 41.6 Å². The number of ether oxygens (including phenoxy) is 1. The average Bonchev–Trinajstić information content (AvgIpc) is 3.02. The number of benzene rings is 1. The normalized spacial score (nSPS) is 34.7. The third kappa shape index (κ3) is 3.15. The maximum atomic E-state index is 12.8. The maximum Gasteiger partial charge on any atom is 0.339 e. The first-order valence-corrected chi connectivity index (χ1v) is 12.1. The minimum Gasteiger partial charge on any atom is -0.425 e. The molecule has 30 heavy (non-hydrogen) atoms. The van der Waals surface area contributed by atoms with Crippen molar-refractivity contribution < 1.29 is 14.3 Å². The first kappa shape index (κ1) is 20.3. The molecule has 0 bridgehead atoms. The topological polar surface area (TPSA) is 46.6 Å². The van der Waals surface area contributed by atoms with E-state index >= 15 is 0 Å².